The molecule has 3 heteroatoms. The molecular formula is C10H25N3. The Hall–Kier alpha value is -0.120. The van der Waals surface area contributed by atoms with Gasteiger partial charge in [0.15, 0.2) is 0 Å². The van der Waals surface area contributed by atoms with Crippen molar-refractivity contribution in [1.29, 1.82) is 0 Å². The fourth-order valence-corrected chi connectivity index (χ4v) is 1.30. The molecule has 3 N–H and O–H groups in total. The Morgan fingerprint density at radius 1 is 1.31 bits per heavy atom. The van der Waals surface area contributed by atoms with E-state index >= 15 is 0 Å². The Morgan fingerprint density at radius 3 is 2.38 bits per heavy atom. The Balaban J connectivity index is 3.14. The summed E-state index contributed by atoms with van der Waals surface area (Å²) in [5.41, 5.74) is 5.61. The van der Waals surface area contributed by atoms with E-state index in [1.54, 1.807) is 0 Å². The molecule has 0 amide bonds. The first kappa shape index (κ1) is 12.9. The van der Waals surface area contributed by atoms with Crippen LogP contribution in [-0.4, -0.2) is 43.7 Å². The lowest BCUT2D eigenvalue weighted by Gasteiger charge is -2.17. The normalized spacial score (nSPS) is 13.6. The van der Waals surface area contributed by atoms with Gasteiger partial charge in [0.05, 0.1) is 0 Å². The third-order valence-electron chi connectivity index (χ3n) is 2.19. The van der Waals surface area contributed by atoms with E-state index in [-0.39, 0.29) is 6.04 Å². The van der Waals surface area contributed by atoms with Gasteiger partial charge in [-0.2, -0.15) is 0 Å². The topological polar surface area (TPSA) is 41.3 Å². The molecule has 0 aliphatic heterocycles. The maximum absolute atomic E-state index is 5.61. The van der Waals surface area contributed by atoms with Crippen LogP contribution < -0.4 is 11.1 Å². The van der Waals surface area contributed by atoms with Gasteiger partial charge in [-0.3, -0.25) is 0 Å². The minimum atomic E-state index is 0.272. The molecule has 0 bridgehead atoms. The molecule has 80 valence electrons. The van der Waals surface area contributed by atoms with Gasteiger partial charge in [0, 0.05) is 12.6 Å². The lowest BCUT2D eigenvalue weighted by atomic mass is 10.3. The first-order valence-electron chi connectivity index (χ1n) is 5.39. The van der Waals surface area contributed by atoms with Crippen LogP contribution in [0.5, 0.6) is 0 Å². The van der Waals surface area contributed by atoms with Crippen molar-refractivity contribution in [2.24, 2.45) is 5.73 Å². The van der Waals surface area contributed by atoms with E-state index in [4.69, 9.17) is 5.73 Å². The van der Waals surface area contributed by atoms with E-state index in [2.05, 4.69) is 24.1 Å². The van der Waals surface area contributed by atoms with Crippen LogP contribution in [0.15, 0.2) is 0 Å². The van der Waals surface area contributed by atoms with Crippen molar-refractivity contribution in [3.63, 3.8) is 0 Å². The van der Waals surface area contributed by atoms with E-state index in [0.717, 1.165) is 26.2 Å². The minimum Gasteiger partial charge on any atom is -0.327 e. The number of hydrogen-bond acceptors (Lipinski definition) is 3. The summed E-state index contributed by atoms with van der Waals surface area (Å²) in [6.45, 7) is 12.0. The van der Waals surface area contributed by atoms with Gasteiger partial charge in [0.25, 0.3) is 0 Å². The summed E-state index contributed by atoms with van der Waals surface area (Å²) < 4.78 is 0. The highest BCUT2D eigenvalue weighted by Gasteiger charge is 1.97. The van der Waals surface area contributed by atoms with Crippen LogP contribution in [0, 0.1) is 0 Å². The van der Waals surface area contributed by atoms with E-state index in [9.17, 15) is 0 Å². The number of nitrogens with one attached hydrogen (secondary N) is 1. The molecule has 13 heavy (non-hydrogen) atoms. The Morgan fingerprint density at radius 2 is 1.92 bits per heavy atom. The number of nitrogens with zero attached hydrogens (tertiary/aromatic N) is 1. The molecule has 0 rings (SSSR count). The summed E-state index contributed by atoms with van der Waals surface area (Å²) in [6.07, 6.45) is 1.22. The van der Waals surface area contributed by atoms with Crippen LogP contribution in [0.3, 0.4) is 0 Å². The van der Waals surface area contributed by atoms with Gasteiger partial charge in [-0.25, -0.2) is 0 Å². The largest absolute Gasteiger partial charge is 0.327 e. The lowest BCUT2D eigenvalue weighted by molar-refractivity contribution is 0.298. The highest BCUT2D eigenvalue weighted by Crippen LogP contribution is 1.89. The van der Waals surface area contributed by atoms with Crippen molar-refractivity contribution >= 4 is 0 Å². The predicted molar refractivity (Wildman–Crippen MR) is 58.9 cm³/mol. The smallest absolute Gasteiger partial charge is 0.0136 e. The molecule has 3 nitrogen and oxygen atoms in total. The summed E-state index contributed by atoms with van der Waals surface area (Å²) in [5.74, 6) is 0. The van der Waals surface area contributed by atoms with Gasteiger partial charge in [0.2, 0.25) is 0 Å². The molecule has 0 aliphatic rings. The molecule has 0 aromatic rings. The third-order valence-corrected chi connectivity index (χ3v) is 2.19. The first-order valence-corrected chi connectivity index (χ1v) is 5.39. The van der Waals surface area contributed by atoms with Crippen LogP contribution in [-0.2, 0) is 0 Å². The maximum Gasteiger partial charge on any atom is 0.0136 e. The van der Waals surface area contributed by atoms with Crippen LogP contribution in [0.4, 0.5) is 0 Å². The molecular weight excluding hydrogens is 162 g/mol. The summed E-state index contributed by atoms with van der Waals surface area (Å²) in [4.78, 5) is 2.44. The fraction of sp³-hybridized carbons (Fsp3) is 1.00. The van der Waals surface area contributed by atoms with Crippen molar-refractivity contribution in [3.8, 4) is 0 Å². The molecule has 0 radical (unpaired) electrons. The molecule has 0 saturated carbocycles. The SMILES string of the molecule is CCN(CC)CCCNCC(C)N. The van der Waals surface area contributed by atoms with Crippen molar-refractivity contribution < 1.29 is 0 Å². The van der Waals surface area contributed by atoms with Crippen LogP contribution >= 0.6 is 0 Å². The molecule has 0 aliphatic carbocycles. The summed E-state index contributed by atoms with van der Waals surface area (Å²) in [5, 5.41) is 3.34. The second kappa shape index (κ2) is 8.48. The number of nitrogens with two attached hydrogens (primary N) is 1. The summed E-state index contributed by atoms with van der Waals surface area (Å²) in [6, 6.07) is 0.272. The van der Waals surface area contributed by atoms with E-state index in [0.29, 0.717) is 0 Å². The molecule has 0 heterocycles. The van der Waals surface area contributed by atoms with Gasteiger partial charge in [-0.15, -0.1) is 0 Å². The number of hydrogen-bond donors (Lipinski definition) is 2. The van der Waals surface area contributed by atoms with E-state index in [1.165, 1.54) is 13.0 Å². The first-order chi connectivity index (χ1) is 6.20. The number of rotatable bonds is 8. The highest BCUT2D eigenvalue weighted by atomic mass is 15.1. The highest BCUT2D eigenvalue weighted by molar-refractivity contribution is 4.59. The predicted octanol–water partition coefficient (Wildman–Crippen LogP) is 0.655. The molecule has 0 saturated heterocycles. The van der Waals surface area contributed by atoms with Crippen molar-refractivity contribution in [1.82, 2.24) is 10.2 Å². The van der Waals surface area contributed by atoms with Gasteiger partial charge in [-0.05, 0) is 39.5 Å². The second-order valence-corrected chi connectivity index (χ2v) is 3.56. The van der Waals surface area contributed by atoms with Crippen LogP contribution in [0.1, 0.15) is 27.2 Å². The Bertz CT molecular complexity index is 100. The molecule has 1 unspecified atom stereocenters. The molecule has 0 spiro atoms. The third kappa shape index (κ3) is 8.22. The Labute approximate surface area is 82.7 Å². The Kier molecular flexibility index (Phi) is 8.40. The van der Waals surface area contributed by atoms with Gasteiger partial charge >= 0.3 is 0 Å². The summed E-state index contributed by atoms with van der Waals surface area (Å²) in [7, 11) is 0. The molecule has 0 aromatic carbocycles. The zero-order valence-electron chi connectivity index (χ0n) is 9.34. The van der Waals surface area contributed by atoms with Crippen LogP contribution in [0.25, 0.3) is 0 Å². The monoisotopic (exact) mass is 187 g/mol. The van der Waals surface area contributed by atoms with Gasteiger partial charge in [0.1, 0.15) is 0 Å². The molecule has 0 fully saturated rings. The maximum atomic E-state index is 5.61. The van der Waals surface area contributed by atoms with E-state index < -0.39 is 0 Å². The second-order valence-electron chi connectivity index (χ2n) is 3.56. The zero-order valence-corrected chi connectivity index (χ0v) is 9.34. The minimum absolute atomic E-state index is 0.272. The molecule has 1 atom stereocenters. The van der Waals surface area contributed by atoms with E-state index in [1.807, 2.05) is 6.92 Å². The molecule has 0 aromatic heterocycles. The zero-order chi connectivity index (χ0) is 10.1. The average molecular weight is 187 g/mol. The van der Waals surface area contributed by atoms with Crippen LogP contribution in [0.2, 0.25) is 0 Å². The quantitative estimate of drug-likeness (QED) is 0.548. The van der Waals surface area contributed by atoms with Gasteiger partial charge in [-0.1, -0.05) is 13.8 Å². The average Bonchev–Trinajstić information content (AvgIpc) is 2.11. The van der Waals surface area contributed by atoms with Crippen molar-refractivity contribution in [3.05, 3.63) is 0 Å². The van der Waals surface area contributed by atoms with Gasteiger partial charge < -0.3 is 16.0 Å². The standard InChI is InChI=1S/C10H25N3/c1-4-13(5-2)8-6-7-12-9-10(3)11/h10,12H,4-9,11H2,1-3H3. The summed E-state index contributed by atoms with van der Waals surface area (Å²) >= 11 is 0. The lowest BCUT2D eigenvalue weighted by Crippen LogP contribution is -2.33. The van der Waals surface area contributed by atoms with Crippen molar-refractivity contribution in [2.45, 2.75) is 33.2 Å². The fourth-order valence-electron chi connectivity index (χ4n) is 1.30. The van der Waals surface area contributed by atoms with Crippen molar-refractivity contribution in [2.75, 3.05) is 32.7 Å².